The van der Waals surface area contributed by atoms with E-state index in [4.69, 9.17) is 0 Å². The van der Waals surface area contributed by atoms with Crippen LogP contribution in [-0.2, 0) is 0 Å². The van der Waals surface area contributed by atoms with E-state index in [-0.39, 0.29) is 11.4 Å². The Morgan fingerprint density at radius 2 is 1.74 bits per heavy atom. The first-order chi connectivity index (χ1) is 11.1. The van der Waals surface area contributed by atoms with Crippen LogP contribution in [-0.4, -0.2) is 47.9 Å². The van der Waals surface area contributed by atoms with E-state index in [0.717, 1.165) is 37.2 Å². The fourth-order valence-corrected chi connectivity index (χ4v) is 3.35. The second kappa shape index (κ2) is 7.71. The largest absolute Gasteiger partial charge is 0.289 e. The molecule has 0 aromatic heterocycles. The van der Waals surface area contributed by atoms with E-state index in [9.17, 15) is 4.79 Å². The molecule has 1 aromatic carbocycles. The summed E-state index contributed by atoms with van der Waals surface area (Å²) in [5.74, 6) is 0.106. The molecule has 0 fully saturated rings. The molecule has 0 spiro atoms. The van der Waals surface area contributed by atoms with Crippen molar-refractivity contribution in [2.75, 3.05) is 26.7 Å². The van der Waals surface area contributed by atoms with Gasteiger partial charge in [-0.2, -0.15) is 0 Å². The maximum Gasteiger partial charge on any atom is 0.192 e. The standard InChI is InChI=1S/C20H28N2O/c1-5-21(4)20(22(6-2)7-3)15-13-18(14-16-20)19(23)17-11-9-8-10-12-17/h8-15H,5-7,16H2,1-4H3. The second-order valence-corrected chi connectivity index (χ2v) is 5.96. The molecule has 1 atom stereocenters. The van der Waals surface area contributed by atoms with E-state index >= 15 is 0 Å². The summed E-state index contributed by atoms with van der Waals surface area (Å²) in [6, 6.07) is 9.50. The summed E-state index contributed by atoms with van der Waals surface area (Å²) in [7, 11) is 2.15. The van der Waals surface area contributed by atoms with Crippen LogP contribution in [0.4, 0.5) is 0 Å². The molecule has 23 heavy (non-hydrogen) atoms. The SMILES string of the molecule is CCN(C)C1(N(CC)CC)C=CC(C(=O)c2ccccc2)=CC1. The molecule has 124 valence electrons. The van der Waals surface area contributed by atoms with Crippen molar-refractivity contribution in [1.29, 1.82) is 0 Å². The Bertz CT molecular complexity index is 587. The van der Waals surface area contributed by atoms with Gasteiger partial charge in [0, 0.05) is 17.6 Å². The Balaban J connectivity index is 2.26. The van der Waals surface area contributed by atoms with Crippen LogP contribution in [0.25, 0.3) is 0 Å². The smallest absolute Gasteiger partial charge is 0.192 e. The Kier molecular flexibility index (Phi) is 5.91. The minimum absolute atomic E-state index is 0.106. The van der Waals surface area contributed by atoms with Crippen molar-refractivity contribution in [3.63, 3.8) is 0 Å². The molecule has 0 heterocycles. The molecule has 2 rings (SSSR count). The lowest BCUT2D eigenvalue weighted by molar-refractivity contribution is 0.00448. The number of ketones is 1. The van der Waals surface area contributed by atoms with Crippen LogP contribution in [0.1, 0.15) is 37.6 Å². The van der Waals surface area contributed by atoms with Crippen LogP contribution >= 0.6 is 0 Å². The summed E-state index contributed by atoms with van der Waals surface area (Å²) >= 11 is 0. The van der Waals surface area contributed by atoms with Gasteiger partial charge >= 0.3 is 0 Å². The number of carbonyl (C=O) groups is 1. The molecule has 0 aliphatic heterocycles. The molecular formula is C20H28N2O. The van der Waals surface area contributed by atoms with Crippen molar-refractivity contribution < 1.29 is 4.79 Å². The van der Waals surface area contributed by atoms with Gasteiger partial charge in [-0.05, 0) is 32.8 Å². The quantitative estimate of drug-likeness (QED) is 0.566. The number of carbonyl (C=O) groups excluding carboxylic acids is 1. The number of rotatable bonds is 7. The summed E-state index contributed by atoms with van der Waals surface area (Å²) in [5, 5.41) is 0. The zero-order chi connectivity index (χ0) is 16.9. The van der Waals surface area contributed by atoms with Gasteiger partial charge in [-0.1, -0.05) is 63.3 Å². The third kappa shape index (κ3) is 3.46. The normalized spacial score (nSPS) is 20.9. The fourth-order valence-electron chi connectivity index (χ4n) is 3.35. The predicted octanol–water partition coefficient (Wildman–Crippen LogP) is 3.75. The maximum absolute atomic E-state index is 12.6. The van der Waals surface area contributed by atoms with E-state index in [1.54, 1.807) is 0 Å². The highest BCUT2D eigenvalue weighted by Gasteiger charge is 2.37. The number of hydrogen-bond donors (Lipinski definition) is 0. The summed E-state index contributed by atoms with van der Waals surface area (Å²) < 4.78 is 0. The monoisotopic (exact) mass is 312 g/mol. The van der Waals surface area contributed by atoms with Crippen molar-refractivity contribution in [2.24, 2.45) is 0 Å². The number of benzene rings is 1. The zero-order valence-electron chi connectivity index (χ0n) is 14.7. The number of allylic oxidation sites excluding steroid dienone is 2. The van der Waals surface area contributed by atoms with E-state index in [0.29, 0.717) is 0 Å². The lowest BCUT2D eigenvalue weighted by atomic mass is 9.90. The van der Waals surface area contributed by atoms with Crippen LogP contribution in [0.15, 0.2) is 54.1 Å². The Morgan fingerprint density at radius 1 is 1.09 bits per heavy atom. The number of likely N-dealkylation sites (N-methyl/N-ethyl adjacent to an activating group) is 2. The first-order valence-corrected chi connectivity index (χ1v) is 8.54. The van der Waals surface area contributed by atoms with Crippen molar-refractivity contribution >= 4 is 5.78 Å². The van der Waals surface area contributed by atoms with Crippen molar-refractivity contribution in [2.45, 2.75) is 32.9 Å². The molecule has 1 aliphatic rings. The second-order valence-electron chi connectivity index (χ2n) is 5.96. The highest BCUT2D eigenvalue weighted by molar-refractivity contribution is 6.10. The van der Waals surface area contributed by atoms with Crippen molar-refractivity contribution in [3.05, 3.63) is 59.7 Å². The molecular weight excluding hydrogens is 284 g/mol. The molecule has 0 amide bonds. The summed E-state index contributed by atoms with van der Waals surface area (Å²) in [6.45, 7) is 9.50. The van der Waals surface area contributed by atoms with Gasteiger partial charge in [0.25, 0.3) is 0 Å². The molecule has 0 bridgehead atoms. The lowest BCUT2D eigenvalue weighted by Crippen LogP contribution is -2.58. The van der Waals surface area contributed by atoms with E-state index < -0.39 is 0 Å². The van der Waals surface area contributed by atoms with Crippen LogP contribution in [0.2, 0.25) is 0 Å². The van der Waals surface area contributed by atoms with Gasteiger partial charge in [-0.25, -0.2) is 0 Å². The highest BCUT2D eigenvalue weighted by Crippen LogP contribution is 2.31. The van der Waals surface area contributed by atoms with Gasteiger partial charge in [0.15, 0.2) is 5.78 Å². The maximum atomic E-state index is 12.6. The lowest BCUT2D eigenvalue weighted by Gasteiger charge is -2.48. The first kappa shape index (κ1) is 17.6. The molecule has 1 unspecified atom stereocenters. The molecule has 3 heteroatoms. The van der Waals surface area contributed by atoms with Crippen molar-refractivity contribution in [3.8, 4) is 0 Å². The summed E-state index contributed by atoms with van der Waals surface area (Å²) in [5.41, 5.74) is 1.42. The van der Waals surface area contributed by atoms with Gasteiger partial charge < -0.3 is 0 Å². The fraction of sp³-hybridized carbons (Fsp3) is 0.450. The Labute approximate surface area is 140 Å². The van der Waals surface area contributed by atoms with Crippen molar-refractivity contribution in [1.82, 2.24) is 9.80 Å². The molecule has 0 N–H and O–H groups in total. The summed E-state index contributed by atoms with van der Waals surface area (Å²) in [4.78, 5) is 17.4. The topological polar surface area (TPSA) is 23.6 Å². The van der Waals surface area contributed by atoms with Gasteiger partial charge in [-0.3, -0.25) is 14.6 Å². The Morgan fingerprint density at radius 3 is 2.22 bits per heavy atom. The molecule has 3 nitrogen and oxygen atoms in total. The van der Waals surface area contributed by atoms with Gasteiger partial charge in [0.2, 0.25) is 0 Å². The van der Waals surface area contributed by atoms with Gasteiger partial charge in [-0.15, -0.1) is 0 Å². The highest BCUT2D eigenvalue weighted by atomic mass is 16.1. The van der Waals surface area contributed by atoms with E-state index in [2.05, 4.69) is 49.8 Å². The summed E-state index contributed by atoms with van der Waals surface area (Å²) in [6.07, 6.45) is 7.15. The van der Waals surface area contributed by atoms with E-state index in [1.165, 1.54) is 0 Å². The average molecular weight is 312 g/mol. The number of nitrogens with zero attached hydrogens (tertiary/aromatic N) is 2. The first-order valence-electron chi connectivity index (χ1n) is 8.54. The predicted molar refractivity (Wildman–Crippen MR) is 96.6 cm³/mol. The van der Waals surface area contributed by atoms with Crippen LogP contribution in [0, 0.1) is 0 Å². The third-order valence-electron chi connectivity index (χ3n) is 4.90. The van der Waals surface area contributed by atoms with Gasteiger partial charge in [0.1, 0.15) is 0 Å². The Hall–Kier alpha value is -1.71. The average Bonchev–Trinajstić information content (AvgIpc) is 2.62. The van der Waals surface area contributed by atoms with Crippen LogP contribution < -0.4 is 0 Å². The number of Topliss-reactive ketones (excluding diaryl/α,β-unsaturated/α-hetero) is 1. The van der Waals surface area contributed by atoms with Crippen LogP contribution in [0.5, 0.6) is 0 Å². The molecule has 0 saturated heterocycles. The molecule has 1 aromatic rings. The molecule has 0 radical (unpaired) electrons. The van der Waals surface area contributed by atoms with Gasteiger partial charge in [0.05, 0.1) is 5.66 Å². The van der Waals surface area contributed by atoms with Crippen LogP contribution in [0.3, 0.4) is 0 Å². The minimum atomic E-state index is -0.126. The molecule has 1 aliphatic carbocycles. The zero-order valence-corrected chi connectivity index (χ0v) is 14.7. The molecule has 0 saturated carbocycles. The number of hydrogen-bond acceptors (Lipinski definition) is 3. The minimum Gasteiger partial charge on any atom is -0.289 e. The van der Waals surface area contributed by atoms with E-state index in [1.807, 2.05) is 36.4 Å². The third-order valence-corrected chi connectivity index (χ3v) is 4.90.